The molecule has 0 unspecified atom stereocenters. The van der Waals surface area contributed by atoms with Crippen LogP contribution in [0.5, 0.6) is 0 Å². The van der Waals surface area contributed by atoms with Crippen molar-refractivity contribution < 1.29 is 14.0 Å². The maximum atomic E-state index is 11.8. The number of carbonyl (C=O) groups excluding carboxylic acids is 2. The topological polar surface area (TPSA) is 83.7 Å². The van der Waals surface area contributed by atoms with Gasteiger partial charge in [0.2, 0.25) is 0 Å². The Kier molecular flexibility index (Phi) is 6.36. The van der Waals surface area contributed by atoms with Gasteiger partial charge >= 0.3 is 11.8 Å². The van der Waals surface area contributed by atoms with Gasteiger partial charge in [-0.1, -0.05) is 34.8 Å². The average molecular weight is 437 g/mol. The Labute approximate surface area is 175 Å². The van der Waals surface area contributed by atoms with E-state index in [1.54, 1.807) is 54.6 Å². The Hall–Kier alpha value is -2.80. The van der Waals surface area contributed by atoms with Gasteiger partial charge in [0, 0.05) is 26.3 Å². The van der Waals surface area contributed by atoms with Crippen molar-refractivity contribution in [2.45, 2.75) is 0 Å². The zero-order valence-electron chi connectivity index (χ0n) is 14.1. The number of hydrogen-bond donors (Lipinski definition) is 2. The number of halogens is 3. The van der Waals surface area contributed by atoms with Crippen LogP contribution in [0.4, 0.5) is 5.69 Å². The van der Waals surface area contributed by atoms with Gasteiger partial charge in [-0.3, -0.25) is 9.59 Å². The summed E-state index contributed by atoms with van der Waals surface area (Å²) in [5.41, 5.74) is 3.25. The highest BCUT2D eigenvalue weighted by Gasteiger charge is 2.13. The fourth-order valence-corrected chi connectivity index (χ4v) is 2.85. The molecule has 1 heterocycles. The largest absolute Gasteiger partial charge is 0.455 e. The Bertz CT molecular complexity index is 1030. The molecule has 0 radical (unpaired) electrons. The van der Waals surface area contributed by atoms with E-state index >= 15 is 0 Å². The van der Waals surface area contributed by atoms with Crippen LogP contribution in [-0.2, 0) is 9.59 Å². The van der Waals surface area contributed by atoms with Crippen LogP contribution in [0.1, 0.15) is 5.76 Å². The molecule has 3 rings (SSSR count). The summed E-state index contributed by atoms with van der Waals surface area (Å²) in [6.07, 6.45) is 1.27. The van der Waals surface area contributed by atoms with E-state index in [9.17, 15) is 9.59 Å². The summed E-state index contributed by atoms with van der Waals surface area (Å²) < 4.78 is 5.60. The summed E-state index contributed by atoms with van der Waals surface area (Å²) in [6, 6.07) is 14.7. The predicted octanol–water partition coefficient (Wildman–Crippen LogP) is 5.00. The predicted molar refractivity (Wildman–Crippen MR) is 110 cm³/mol. The number of anilines is 1. The lowest BCUT2D eigenvalue weighted by Crippen LogP contribution is -2.32. The van der Waals surface area contributed by atoms with Crippen LogP contribution in [-0.4, -0.2) is 18.0 Å². The number of furan rings is 1. The summed E-state index contributed by atoms with van der Waals surface area (Å²) in [7, 11) is 0. The van der Waals surface area contributed by atoms with Crippen LogP contribution in [0, 0.1) is 0 Å². The zero-order chi connectivity index (χ0) is 20.1. The van der Waals surface area contributed by atoms with Crippen LogP contribution in [0.2, 0.25) is 15.1 Å². The monoisotopic (exact) mass is 435 g/mol. The lowest BCUT2D eigenvalue weighted by molar-refractivity contribution is -0.136. The molecule has 142 valence electrons. The third-order valence-corrected chi connectivity index (χ3v) is 4.13. The normalized spacial score (nSPS) is 10.8. The minimum Gasteiger partial charge on any atom is -0.455 e. The SMILES string of the molecule is O=C(N/N=C\c1ccc(-c2cc(Cl)cc(Cl)c2)o1)C(=O)Nc1ccc(Cl)cc1. The fourth-order valence-electron chi connectivity index (χ4n) is 2.20. The highest BCUT2D eigenvalue weighted by molar-refractivity contribution is 6.39. The van der Waals surface area contributed by atoms with Crippen molar-refractivity contribution in [1.82, 2.24) is 5.43 Å². The molecule has 0 atom stereocenters. The Balaban J connectivity index is 1.58. The summed E-state index contributed by atoms with van der Waals surface area (Å²) >= 11 is 17.7. The van der Waals surface area contributed by atoms with Crippen LogP contribution >= 0.6 is 34.8 Å². The van der Waals surface area contributed by atoms with Gasteiger partial charge in [-0.05, 0) is 54.6 Å². The molecule has 28 heavy (non-hydrogen) atoms. The lowest BCUT2D eigenvalue weighted by atomic mass is 10.2. The van der Waals surface area contributed by atoms with Crippen molar-refractivity contribution in [2.75, 3.05) is 5.32 Å². The standard InChI is InChI=1S/C19H12Cl3N3O3/c20-12-1-3-15(4-2-12)24-18(26)19(27)25-23-10-16-5-6-17(28-16)11-7-13(21)9-14(22)8-11/h1-10H,(H,24,26)(H,25,27)/b23-10-. The number of rotatable bonds is 4. The first kappa shape index (κ1) is 19.9. The van der Waals surface area contributed by atoms with E-state index < -0.39 is 11.8 Å². The molecule has 2 aromatic carbocycles. The van der Waals surface area contributed by atoms with Crippen LogP contribution in [0.25, 0.3) is 11.3 Å². The van der Waals surface area contributed by atoms with E-state index in [4.69, 9.17) is 39.2 Å². The molecule has 0 saturated carbocycles. The Morgan fingerprint density at radius 2 is 1.54 bits per heavy atom. The van der Waals surface area contributed by atoms with Crippen molar-refractivity contribution >= 4 is 58.5 Å². The first-order valence-electron chi connectivity index (χ1n) is 7.87. The van der Waals surface area contributed by atoms with Gasteiger partial charge in [0.15, 0.2) is 0 Å². The molecule has 0 aliphatic heterocycles. The van der Waals surface area contributed by atoms with Gasteiger partial charge in [0.25, 0.3) is 0 Å². The average Bonchev–Trinajstić information content (AvgIpc) is 3.11. The smallest absolute Gasteiger partial charge is 0.329 e. The molecular formula is C19H12Cl3N3O3. The minimum atomic E-state index is -0.931. The quantitative estimate of drug-likeness (QED) is 0.343. The highest BCUT2D eigenvalue weighted by atomic mass is 35.5. The summed E-state index contributed by atoms with van der Waals surface area (Å²) in [5.74, 6) is -0.907. The van der Waals surface area contributed by atoms with E-state index in [1.807, 2.05) is 0 Å². The second kappa shape index (κ2) is 8.93. The third kappa shape index (κ3) is 5.36. The van der Waals surface area contributed by atoms with Gasteiger partial charge in [-0.15, -0.1) is 0 Å². The maximum Gasteiger partial charge on any atom is 0.329 e. The molecule has 0 saturated heterocycles. The molecule has 9 heteroatoms. The van der Waals surface area contributed by atoms with Gasteiger partial charge in [0.05, 0.1) is 6.21 Å². The van der Waals surface area contributed by atoms with E-state index in [2.05, 4.69) is 15.8 Å². The molecule has 6 nitrogen and oxygen atoms in total. The first-order valence-corrected chi connectivity index (χ1v) is 9.00. The third-order valence-electron chi connectivity index (χ3n) is 3.44. The van der Waals surface area contributed by atoms with E-state index in [-0.39, 0.29) is 0 Å². The number of carbonyl (C=O) groups is 2. The number of hydrogen-bond acceptors (Lipinski definition) is 4. The Morgan fingerprint density at radius 3 is 2.21 bits per heavy atom. The van der Waals surface area contributed by atoms with Crippen molar-refractivity contribution in [2.24, 2.45) is 5.10 Å². The van der Waals surface area contributed by atoms with Gasteiger partial charge in [0.1, 0.15) is 11.5 Å². The highest BCUT2D eigenvalue weighted by Crippen LogP contribution is 2.28. The molecule has 0 bridgehead atoms. The number of nitrogens with zero attached hydrogens (tertiary/aromatic N) is 1. The molecule has 3 aromatic rings. The first-order chi connectivity index (χ1) is 13.4. The number of amides is 2. The zero-order valence-corrected chi connectivity index (χ0v) is 16.3. The summed E-state index contributed by atoms with van der Waals surface area (Å²) in [6.45, 7) is 0. The summed E-state index contributed by atoms with van der Waals surface area (Å²) in [5, 5.41) is 7.61. The summed E-state index contributed by atoms with van der Waals surface area (Å²) in [4.78, 5) is 23.6. The molecule has 0 spiro atoms. The maximum absolute atomic E-state index is 11.8. The number of hydrazone groups is 1. The number of benzene rings is 2. The fraction of sp³-hybridized carbons (Fsp3) is 0. The van der Waals surface area contributed by atoms with Crippen molar-refractivity contribution in [3.05, 3.63) is 75.4 Å². The molecule has 0 fully saturated rings. The minimum absolute atomic E-state index is 0.365. The van der Waals surface area contributed by atoms with Crippen LogP contribution in [0.15, 0.2) is 64.1 Å². The lowest BCUT2D eigenvalue weighted by Gasteiger charge is -2.03. The van der Waals surface area contributed by atoms with Gasteiger partial charge in [-0.25, -0.2) is 5.43 Å². The molecule has 2 N–H and O–H groups in total. The second-order valence-corrected chi connectivity index (χ2v) is 6.83. The van der Waals surface area contributed by atoms with Gasteiger partial charge in [-0.2, -0.15) is 5.10 Å². The van der Waals surface area contributed by atoms with E-state index in [1.165, 1.54) is 6.21 Å². The van der Waals surface area contributed by atoms with Crippen molar-refractivity contribution in [1.29, 1.82) is 0 Å². The molecule has 0 aliphatic rings. The van der Waals surface area contributed by atoms with E-state index in [0.717, 1.165) is 0 Å². The molecule has 0 aliphatic carbocycles. The van der Waals surface area contributed by atoms with E-state index in [0.29, 0.717) is 37.8 Å². The molecular weight excluding hydrogens is 425 g/mol. The van der Waals surface area contributed by atoms with Gasteiger partial charge < -0.3 is 9.73 Å². The Morgan fingerprint density at radius 1 is 0.857 bits per heavy atom. The van der Waals surface area contributed by atoms with Crippen molar-refractivity contribution in [3.8, 4) is 11.3 Å². The molecule has 1 aromatic heterocycles. The van der Waals surface area contributed by atoms with Crippen molar-refractivity contribution in [3.63, 3.8) is 0 Å². The van der Waals surface area contributed by atoms with Crippen LogP contribution < -0.4 is 10.7 Å². The molecule has 2 amide bonds. The second-order valence-electron chi connectivity index (χ2n) is 5.52. The van der Waals surface area contributed by atoms with Crippen LogP contribution in [0.3, 0.4) is 0 Å². The number of nitrogens with one attached hydrogen (secondary N) is 2.